The first kappa shape index (κ1) is 11.5. The summed E-state index contributed by atoms with van der Waals surface area (Å²) in [7, 11) is 0. The van der Waals surface area contributed by atoms with Gasteiger partial charge in [-0.05, 0) is 35.4 Å². The largest absolute Gasteiger partial charge is 0.507 e. The number of aromatic hydroxyl groups is 2. The molecule has 0 saturated carbocycles. The van der Waals surface area contributed by atoms with Crippen LogP contribution in [0.1, 0.15) is 11.1 Å². The molecule has 0 aromatic heterocycles. The van der Waals surface area contributed by atoms with E-state index in [9.17, 15) is 10.2 Å². The molecule has 2 rings (SSSR count). The molecule has 0 radical (unpaired) electrons. The van der Waals surface area contributed by atoms with Gasteiger partial charge in [-0.1, -0.05) is 12.1 Å². The highest BCUT2D eigenvalue weighted by atomic mass is 16.3. The van der Waals surface area contributed by atoms with Crippen LogP contribution in [-0.4, -0.2) is 10.2 Å². The molecular weight excluding hydrogens is 228 g/mol. The molecule has 0 heterocycles. The van der Waals surface area contributed by atoms with Crippen molar-refractivity contribution >= 4 is 0 Å². The molecule has 0 aliphatic rings. The van der Waals surface area contributed by atoms with Crippen molar-refractivity contribution in [2.75, 3.05) is 0 Å². The van der Waals surface area contributed by atoms with Crippen LogP contribution in [0.15, 0.2) is 36.4 Å². The molecule has 18 heavy (non-hydrogen) atoms. The summed E-state index contributed by atoms with van der Waals surface area (Å²) in [5.41, 5.74) is 1.72. The van der Waals surface area contributed by atoms with E-state index in [0.29, 0.717) is 11.1 Å². The molecule has 0 unspecified atom stereocenters. The summed E-state index contributed by atoms with van der Waals surface area (Å²) in [5, 5.41) is 36.5. The monoisotopic (exact) mass is 236 g/mol. The first-order valence-corrected chi connectivity index (χ1v) is 5.12. The van der Waals surface area contributed by atoms with Gasteiger partial charge in [-0.15, -0.1) is 0 Å². The number of hydrogen-bond donors (Lipinski definition) is 2. The number of phenolic OH excluding ortho intramolecular Hbond substituents is 2. The van der Waals surface area contributed by atoms with Crippen LogP contribution in [0, 0.1) is 22.7 Å². The third-order valence-electron chi connectivity index (χ3n) is 2.57. The Kier molecular flexibility index (Phi) is 2.87. The molecule has 0 bridgehead atoms. The van der Waals surface area contributed by atoms with E-state index in [4.69, 9.17) is 10.5 Å². The van der Waals surface area contributed by atoms with E-state index in [1.165, 1.54) is 24.3 Å². The quantitative estimate of drug-likeness (QED) is 0.796. The number of rotatable bonds is 1. The van der Waals surface area contributed by atoms with Gasteiger partial charge in [-0.3, -0.25) is 0 Å². The van der Waals surface area contributed by atoms with Crippen molar-refractivity contribution < 1.29 is 10.2 Å². The Morgan fingerprint density at radius 3 is 1.44 bits per heavy atom. The fraction of sp³-hybridized carbons (Fsp3) is 0. The molecule has 0 aliphatic heterocycles. The zero-order valence-corrected chi connectivity index (χ0v) is 9.25. The molecule has 0 fully saturated rings. The van der Waals surface area contributed by atoms with E-state index in [0.717, 1.165) is 0 Å². The molecule has 2 aromatic carbocycles. The van der Waals surface area contributed by atoms with Gasteiger partial charge in [-0.2, -0.15) is 10.5 Å². The summed E-state index contributed by atoms with van der Waals surface area (Å²) in [4.78, 5) is 0. The minimum absolute atomic E-state index is 0.0828. The van der Waals surface area contributed by atoms with E-state index >= 15 is 0 Å². The lowest BCUT2D eigenvalue weighted by Gasteiger charge is -2.05. The number of phenols is 2. The van der Waals surface area contributed by atoms with Crippen LogP contribution in [0.5, 0.6) is 11.5 Å². The molecular formula is C14H8N2O2. The van der Waals surface area contributed by atoms with Crippen LogP contribution in [0.4, 0.5) is 0 Å². The Balaban J connectivity index is 2.57. The van der Waals surface area contributed by atoms with Crippen molar-refractivity contribution in [3.63, 3.8) is 0 Å². The Labute approximate surface area is 104 Å². The van der Waals surface area contributed by atoms with Crippen molar-refractivity contribution in [3.8, 4) is 34.8 Å². The van der Waals surface area contributed by atoms with Crippen LogP contribution < -0.4 is 0 Å². The summed E-state index contributed by atoms with van der Waals surface area (Å²) in [6, 6.07) is 13.0. The second-order valence-corrected chi connectivity index (χ2v) is 3.69. The summed E-state index contributed by atoms with van der Waals surface area (Å²) < 4.78 is 0. The molecule has 0 spiro atoms. The summed E-state index contributed by atoms with van der Waals surface area (Å²) in [6.07, 6.45) is 0. The lowest BCUT2D eigenvalue weighted by atomic mass is 10.0. The predicted molar refractivity (Wildman–Crippen MR) is 64.6 cm³/mol. The van der Waals surface area contributed by atoms with Gasteiger partial charge in [0, 0.05) is 0 Å². The normalized spacial score (nSPS) is 9.44. The highest BCUT2D eigenvalue weighted by Gasteiger charge is 2.06. The second-order valence-electron chi connectivity index (χ2n) is 3.69. The Bertz CT molecular complexity index is 632. The van der Waals surface area contributed by atoms with Crippen LogP contribution in [-0.2, 0) is 0 Å². The van der Waals surface area contributed by atoms with Gasteiger partial charge < -0.3 is 10.2 Å². The van der Waals surface area contributed by atoms with E-state index in [1.54, 1.807) is 12.1 Å². The van der Waals surface area contributed by atoms with E-state index in [2.05, 4.69) is 0 Å². The summed E-state index contributed by atoms with van der Waals surface area (Å²) in [5.74, 6) is -0.166. The minimum atomic E-state index is -0.0828. The Morgan fingerprint density at radius 1 is 0.722 bits per heavy atom. The smallest absolute Gasteiger partial charge is 0.133 e. The first-order chi connectivity index (χ1) is 8.65. The predicted octanol–water partition coefficient (Wildman–Crippen LogP) is 2.51. The van der Waals surface area contributed by atoms with E-state index in [1.807, 2.05) is 12.1 Å². The van der Waals surface area contributed by atoms with Crippen molar-refractivity contribution in [1.29, 1.82) is 10.5 Å². The van der Waals surface area contributed by atoms with Crippen LogP contribution in [0.25, 0.3) is 11.1 Å². The number of benzene rings is 2. The lowest BCUT2D eigenvalue weighted by molar-refractivity contribution is 0.473. The molecule has 2 N–H and O–H groups in total. The van der Waals surface area contributed by atoms with E-state index in [-0.39, 0.29) is 22.6 Å². The molecule has 0 amide bonds. The highest BCUT2D eigenvalue weighted by molar-refractivity contribution is 5.69. The first-order valence-electron chi connectivity index (χ1n) is 5.12. The number of nitriles is 2. The van der Waals surface area contributed by atoms with Crippen molar-refractivity contribution in [2.45, 2.75) is 0 Å². The molecule has 0 saturated heterocycles. The maximum Gasteiger partial charge on any atom is 0.133 e. The molecule has 4 nitrogen and oxygen atoms in total. The van der Waals surface area contributed by atoms with Crippen LogP contribution in [0.2, 0.25) is 0 Å². The fourth-order valence-corrected chi connectivity index (χ4v) is 1.61. The molecule has 2 aromatic rings. The Hall–Kier alpha value is -2.98. The van der Waals surface area contributed by atoms with Gasteiger partial charge in [-0.25, -0.2) is 0 Å². The van der Waals surface area contributed by atoms with Gasteiger partial charge in [0.2, 0.25) is 0 Å². The zero-order valence-electron chi connectivity index (χ0n) is 9.25. The zero-order chi connectivity index (χ0) is 13.1. The average molecular weight is 236 g/mol. The molecule has 0 atom stereocenters. The van der Waals surface area contributed by atoms with Crippen molar-refractivity contribution in [3.05, 3.63) is 47.5 Å². The standard InChI is InChI=1S/C14H8N2O2/c15-7-11-5-9(1-3-13(11)17)10-2-4-14(18)12(6-10)8-16/h1-6,17-18H. The van der Waals surface area contributed by atoms with Gasteiger partial charge in [0.15, 0.2) is 0 Å². The fourth-order valence-electron chi connectivity index (χ4n) is 1.61. The Morgan fingerprint density at radius 2 is 1.11 bits per heavy atom. The lowest BCUT2D eigenvalue weighted by Crippen LogP contribution is -1.84. The van der Waals surface area contributed by atoms with Gasteiger partial charge in [0.25, 0.3) is 0 Å². The van der Waals surface area contributed by atoms with Crippen molar-refractivity contribution in [1.82, 2.24) is 0 Å². The van der Waals surface area contributed by atoms with Gasteiger partial charge in [0.05, 0.1) is 11.1 Å². The molecule has 0 aliphatic carbocycles. The topological polar surface area (TPSA) is 88.0 Å². The number of hydrogen-bond acceptors (Lipinski definition) is 4. The maximum absolute atomic E-state index is 9.41. The third-order valence-corrected chi connectivity index (χ3v) is 2.57. The number of nitrogens with zero attached hydrogens (tertiary/aromatic N) is 2. The van der Waals surface area contributed by atoms with Crippen molar-refractivity contribution in [2.24, 2.45) is 0 Å². The van der Waals surface area contributed by atoms with Gasteiger partial charge >= 0.3 is 0 Å². The second kappa shape index (κ2) is 4.48. The molecule has 86 valence electrons. The SMILES string of the molecule is N#Cc1cc(-c2ccc(O)c(C#N)c2)ccc1O. The highest BCUT2D eigenvalue weighted by Crippen LogP contribution is 2.28. The van der Waals surface area contributed by atoms with Crippen LogP contribution in [0.3, 0.4) is 0 Å². The minimum Gasteiger partial charge on any atom is -0.507 e. The van der Waals surface area contributed by atoms with Gasteiger partial charge in [0.1, 0.15) is 23.6 Å². The average Bonchev–Trinajstić information content (AvgIpc) is 2.40. The van der Waals surface area contributed by atoms with E-state index < -0.39 is 0 Å². The molecule has 4 heteroatoms. The summed E-state index contributed by atoms with van der Waals surface area (Å²) >= 11 is 0. The van der Waals surface area contributed by atoms with Crippen LogP contribution >= 0.6 is 0 Å². The third kappa shape index (κ3) is 1.95. The maximum atomic E-state index is 9.41. The summed E-state index contributed by atoms with van der Waals surface area (Å²) in [6.45, 7) is 0.